The highest BCUT2D eigenvalue weighted by Crippen LogP contribution is 2.30. The highest BCUT2D eigenvalue weighted by atomic mass is 16.5. The van der Waals surface area contributed by atoms with E-state index in [1.165, 1.54) is 32.4 Å². The molecule has 1 N–H and O–H groups in total. The molecule has 2 heterocycles. The van der Waals surface area contributed by atoms with Gasteiger partial charge in [-0.15, -0.1) is 0 Å². The minimum Gasteiger partial charge on any atom is -0.383 e. The molecule has 2 amide bonds. The first-order valence-electron chi connectivity index (χ1n) is 7.44. The fraction of sp³-hybridized carbons (Fsp3) is 0.929. The number of carbonyl (C=O) groups is 1. The van der Waals surface area contributed by atoms with Gasteiger partial charge in [-0.05, 0) is 51.7 Å². The molecule has 1 atom stereocenters. The first kappa shape index (κ1) is 14.6. The van der Waals surface area contributed by atoms with E-state index in [4.69, 9.17) is 4.74 Å². The molecule has 0 aliphatic carbocycles. The summed E-state index contributed by atoms with van der Waals surface area (Å²) in [5.74, 6) is 0.687. The van der Waals surface area contributed by atoms with E-state index in [2.05, 4.69) is 22.2 Å². The summed E-state index contributed by atoms with van der Waals surface area (Å²) in [5.41, 5.74) is 0. The number of rotatable bonds is 4. The van der Waals surface area contributed by atoms with Crippen LogP contribution in [0.2, 0.25) is 0 Å². The van der Waals surface area contributed by atoms with E-state index in [9.17, 15) is 4.79 Å². The lowest BCUT2D eigenvalue weighted by Gasteiger charge is -2.36. The molecule has 2 rings (SSSR count). The van der Waals surface area contributed by atoms with Crippen LogP contribution < -0.4 is 5.32 Å². The molecule has 2 aliphatic rings. The number of piperidine rings is 1. The van der Waals surface area contributed by atoms with Crippen molar-refractivity contribution in [1.29, 1.82) is 0 Å². The number of hydrogen-bond donors (Lipinski definition) is 1. The third-order valence-corrected chi connectivity index (χ3v) is 4.45. The van der Waals surface area contributed by atoms with Crippen molar-refractivity contribution in [1.82, 2.24) is 15.1 Å². The summed E-state index contributed by atoms with van der Waals surface area (Å²) in [6, 6.07) is 0.551. The summed E-state index contributed by atoms with van der Waals surface area (Å²) in [4.78, 5) is 16.6. The average Bonchev–Trinajstić information content (AvgIpc) is 2.89. The second-order valence-electron chi connectivity index (χ2n) is 5.77. The first-order chi connectivity index (χ1) is 9.22. The van der Waals surface area contributed by atoms with Gasteiger partial charge >= 0.3 is 6.03 Å². The largest absolute Gasteiger partial charge is 0.383 e. The lowest BCUT2D eigenvalue weighted by Crippen LogP contribution is -2.48. The Morgan fingerprint density at radius 3 is 2.68 bits per heavy atom. The van der Waals surface area contributed by atoms with Crippen molar-refractivity contribution in [3.05, 3.63) is 0 Å². The van der Waals surface area contributed by atoms with Gasteiger partial charge in [-0.3, -0.25) is 0 Å². The van der Waals surface area contributed by atoms with Crippen molar-refractivity contribution < 1.29 is 9.53 Å². The number of carbonyl (C=O) groups excluding carboxylic acids is 1. The molecule has 1 unspecified atom stereocenters. The van der Waals surface area contributed by atoms with Crippen molar-refractivity contribution >= 4 is 6.03 Å². The number of likely N-dealkylation sites (tertiary alicyclic amines) is 2. The summed E-state index contributed by atoms with van der Waals surface area (Å²) in [5, 5.41) is 2.95. The van der Waals surface area contributed by atoms with Crippen LogP contribution in [0.3, 0.4) is 0 Å². The van der Waals surface area contributed by atoms with E-state index in [1.54, 1.807) is 7.11 Å². The fourth-order valence-corrected chi connectivity index (χ4v) is 3.31. The van der Waals surface area contributed by atoms with Gasteiger partial charge < -0.3 is 19.9 Å². The summed E-state index contributed by atoms with van der Waals surface area (Å²) in [7, 11) is 3.84. The summed E-state index contributed by atoms with van der Waals surface area (Å²) in [6.45, 7) is 4.43. The van der Waals surface area contributed by atoms with Crippen molar-refractivity contribution in [3.63, 3.8) is 0 Å². The zero-order valence-electron chi connectivity index (χ0n) is 12.2. The molecule has 2 fully saturated rings. The second kappa shape index (κ2) is 7.10. The van der Waals surface area contributed by atoms with Crippen LogP contribution in [0.4, 0.5) is 4.79 Å². The maximum atomic E-state index is 12.2. The Balaban J connectivity index is 1.84. The maximum absolute atomic E-state index is 12.2. The number of ether oxygens (including phenoxy) is 1. The average molecular weight is 269 g/mol. The standard InChI is InChI=1S/C14H27N3O2/c1-16-9-5-12(6-10-16)13-4-3-8-17(13)14(18)15-7-11-19-2/h12-13H,3-11H2,1-2H3,(H,15,18). The topological polar surface area (TPSA) is 44.8 Å². The second-order valence-corrected chi connectivity index (χ2v) is 5.77. The number of hydrogen-bond acceptors (Lipinski definition) is 3. The Labute approximate surface area is 116 Å². The minimum atomic E-state index is 0.0958. The minimum absolute atomic E-state index is 0.0958. The Morgan fingerprint density at radius 1 is 1.26 bits per heavy atom. The van der Waals surface area contributed by atoms with Crippen molar-refractivity contribution in [2.75, 3.05) is 46.9 Å². The first-order valence-corrected chi connectivity index (χ1v) is 7.44. The molecular weight excluding hydrogens is 242 g/mol. The van der Waals surface area contributed by atoms with Crippen LogP contribution >= 0.6 is 0 Å². The number of methoxy groups -OCH3 is 1. The van der Waals surface area contributed by atoms with Crippen molar-refractivity contribution in [3.8, 4) is 0 Å². The molecule has 0 aromatic heterocycles. The molecule has 0 radical (unpaired) electrons. The van der Waals surface area contributed by atoms with Crippen LogP contribution in [-0.4, -0.2) is 68.8 Å². The van der Waals surface area contributed by atoms with Gasteiger partial charge in [-0.25, -0.2) is 4.79 Å². The Hall–Kier alpha value is -0.810. The monoisotopic (exact) mass is 269 g/mol. The lowest BCUT2D eigenvalue weighted by atomic mass is 9.88. The highest BCUT2D eigenvalue weighted by Gasteiger charge is 2.35. The zero-order chi connectivity index (χ0) is 13.7. The number of nitrogens with one attached hydrogen (secondary N) is 1. The van der Waals surface area contributed by atoms with Gasteiger partial charge in [0.15, 0.2) is 0 Å². The normalized spacial score (nSPS) is 25.8. The highest BCUT2D eigenvalue weighted by molar-refractivity contribution is 5.74. The molecule has 2 aliphatic heterocycles. The van der Waals surface area contributed by atoms with Gasteiger partial charge in [0.1, 0.15) is 0 Å². The van der Waals surface area contributed by atoms with E-state index in [-0.39, 0.29) is 6.03 Å². The van der Waals surface area contributed by atoms with Crippen LogP contribution in [0.15, 0.2) is 0 Å². The Kier molecular flexibility index (Phi) is 5.45. The van der Waals surface area contributed by atoms with E-state index in [0.717, 1.165) is 13.0 Å². The molecule has 2 saturated heterocycles. The SMILES string of the molecule is COCCNC(=O)N1CCCC1C1CCN(C)CC1. The molecule has 5 heteroatoms. The molecule has 0 aromatic carbocycles. The summed E-state index contributed by atoms with van der Waals surface area (Å²) >= 11 is 0. The van der Waals surface area contributed by atoms with E-state index >= 15 is 0 Å². The zero-order valence-corrected chi connectivity index (χ0v) is 12.2. The van der Waals surface area contributed by atoms with Gasteiger partial charge in [0.05, 0.1) is 6.61 Å². The smallest absolute Gasteiger partial charge is 0.317 e. The van der Waals surface area contributed by atoms with Crippen LogP contribution in [-0.2, 0) is 4.74 Å². The predicted molar refractivity (Wildman–Crippen MR) is 75.2 cm³/mol. The third kappa shape index (κ3) is 3.83. The molecule has 0 bridgehead atoms. The van der Waals surface area contributed by atoms with Gasteiger partial charge in [-0.2, -0.15) is 0 Å². The molecule has 0 aromatic rings. The van der Waals surface area contributed by atoms with Crippen LogP contribution in [0, 0.1) is 5.92 Å². The summed E-state index contributed by atoms with van der Waals surface area (Å²) in [6.07, 6.45) is 4.77. The maximum Gasteiger partial charge on any atom is 0.317 e. The van der Waals surface area contributed by atoms with Gasteiger partial charge in [-0.1, -0.05) is 0 Å². The molecule has 19 heavy (non-hydrogen) atoms. The van der Waals surface area contributed by atoms with Crippen molar-refractivity contribution in [2.24, 2.45) is 5.92 Å². The lowest BCUT2D eigenvalue weighted by molar-refractivity contribution is 0.130. The van der Waals surface area contributed by atoms with E-state index < -0.39 is 0 Å². The van der Waals surface area contributed by atoms with Gasteiger partial charge in [0.2, 0.25) is 0 Å². The third-order valence-electron chi connectivity index (χ3n) is 4.45. The van der Waals surface area contributed by atoms with E-state index in [1.807, 2.05) is 0 Å². The molecule has 0 saturated carbocycles. The molecular formula is C14H27N3O2. The quantitative estimate of drug-likeness (QED) is 0.779. The van der Waals surface area contributed by atoms with Crippen molar-refractivity contribution in [2.45, 2.75) is 31.7 Å². The molecule has 0 spiro atoms. The van der Waals surface area contributed by atoms with Crippen LogP contribution in [0.25, 0.3) is 0 Å². The fourth-order valence-electron chi connectivity index (χ4n) is 3.31. The van der Waals surface area contributed by atoms with Gasteiger partial charge in [0, 0.05) is 26.2 Å². The molecule has 110 valence electrons. The molecule has 5 nitrogen and oxygen atoms in total. The predicted octanol–water partition coefficient (Wildman–Crippen LogP) is 1.15. The van der Waals surface area contributed by atoms with Crippen LogP contribution in [0.1, 0.15) is 25.7 Å². The van der Waals surface area contributed by atoms with Crippen LogP contribution in [0.5, 0.6) is 0 Å². The summed E-state index contributed by atoms with van der Waals surface area (Å²) < 4.78 is 4.97. The number of nitrogens with zero attached hydrogens (tertiary/aromatic N) is 2. The van der Waals surface area contributed by atoms with E-state index in [0.29, 0.717) is 25.1 Å². The Bertz CT molecular complexity index is 290. The Morgan fingerprint density at radius 2 is 2.00 bits per heavy atom. The van der Waals surface area contributed by atoms with Gasteiger partial charge in [0.25, 0.3) is 0 Å². The number of amides is 2. The number of urea groups is 1.